The summed E-state index contributed by atoms with van der Waals surface area (Å²) in [6.07, 6.45) is -1.53. The third-order valence-electron chi connectivity index (χ3n) is 3.89. The largest absolute Gasteiger partial charge is 0.481 e. The number of nitrogens with one attached hydrogen (secondary N) is 3. The molecule has 0 saturated carbocycles. The Labute approximate surface area is 185 Å². The van der Waals surface area contributed by atoms with Crippen molar-refractivity contribution in [3.8, 4) is 0 Å². The third-order valence-corrected chi connectivity index (χ3v) is 3.89. The van der Waals surface area contributed by atoms with Gasteiger partial charge < -0.3 is 30.2 Å². The molecule has 1 atom stereocenters. The SMILES string of the molecule is CC(C)(C)OC(=O)N[C@@H](CC(=O)O)C(=O)Nc1ccc2[nH]c(C(=O)OC(C)(C)C)cc2c1. The quantitative estimate of drug-likeness (QED) is 0.496. The Balaban J connectivity index is 2.16. The van der Waals surface area contributed by atoms with E-state index in [4.69, 9.17) is 14.6 Å². The standard InChI is InChI=1S/C22H29N3O7/c1-21(2,3)31-19(29)16-10-12-9-13(7-8-14(12)24-16)23-18(28)15(11-17(26)27)25-20(30)32-22(4,5)6/h7-10,15,24H,11H2,1-6H3,(H,23,28)(H,25,30)(H,26,27)/t15-/m0/s1. The maximum Gasteiger partial charge on any atom is 0.408 e. The first kappa shape index (κ1) is 24.7. The van der Waals surface area contributed by atoms with Crippen LogP contribution in [0.4, 0.5) is 10.5 Å². The van der Waals surface area contributed by atoms with E-state index in [1.807, 2.05) is 0 Å². The van der Waals surface area contributed by atoms with E-state index in [0.29, 0.717) is 16.6 Å². The number of carboxylic acids is 1. The van der Waals surface area contributed by atoms with Crippen molar-refractivity contribution in [2.75, 3.05) is 5.32 Å². The van der Waals surface area contributed by atoms with Gasteiger partial charge >= 0.3 is 18.0 Å². The van der Waals surface area contributed by atoms with Crippen LogP contribution < -0.4 is 10.6 Å². The highest BCUT2D eigenvalue weighted by Crippen LogP contribution is 2.22. The monoisotopic (exact) mass is 447 g/mol. The molecule has 2 aromatic rings. The lowest BCUT2D eigenvalue weighted by Gasteiger charge is -2.22. The molecule has 32 heavy (non-hydrogen) atoms. The summed E-state index contributed by atoms with van der Waals surface area (Å²) in [6, 6.07) is 5.10. The smallest absolute Gasteiger partial charge is 0.408 e. The number of aliphatic carboxylic acids is 1. The minimum atomic E-state index is -1.35. The van der Waals surface area contributed by atoms with E-state index in [0.717, 1.165) is 0 Å². The van der Waals surface area contributed by atoms with E-state index in [9.17, 15) is 19.2 Å². The van der Waals surface area contributed by atoms with Crippen LogP contribution >= 0.6 is 0 Å². The zero-order valence-electron chi connectivity index (χ0n) is 19.0. The average molecular weight is 447 g/mol. The fourth-order valence-electron chi connectivity index (χ4n) is 2.72. The van der Waals surface area contributed by atoms with Gasteiger partial charge in [-0.2, -0.15) is 0 Å². The van der Waals surface area contributed by atoms with Gasteiger partial charge in [-0.15, -0.1) is 0 Å². The number of amides is 2. The van der Waals surface area contributed by atoms with E-state index in [1.54, 1.807) is 65.8 Å². The molecule has 1 aromatic heterocycles. The highest BCUT2D eigenvalue weighted by molar-refractivity contribution is 6.01. The number of anilines is 1. The second kappa shape index (κ2) is 9.29. The predicted octanol–water partition coefficient (Wildman–Crippen LogP) is 3.43. The van der Waals surface area contributed by atoms with Gasteiger partial charge in [-0.05, 0) is 65.8 Å². The highest BCUT2D eigenvalue weighted by Gasteiger charge is 2.27. The van der Waals surface area contributed by atoms with Gasteiger partial charge in [0.15, 0.2) is 0 Å². The molecule has 1 aromatic carbocycles. The Morgan fingerprint density at radius 1 is 1.00 bits per heavy atom. The Kier molecular flexibility index (Phi) is 7.17. The van der Waals surface area contributed by atoms with Crippen LogP contribution in [-0.4, -0.2) is 51.3 Å². The third kappa shape index (κ3) is 7.60. The Morgan fingerprint density at radius 2 is 1.62 bits per heavy atom. The van der Waals surface area contributed by atoms with Gasteiger partial charge in [0.1, 0.15) is 22.9 Å². The lowest BCUT2D eigenvalue weighted by Crippen LogP contribution is -2.46. The Bertz CT molecular complexity index is 1030. The highest BCUT2D eigenvalue weighted by atomic mass is 16.6. The number of fused-ring (bicyclic) bond motifs is 1. The minimum Gasteiger partial charge on any atom is -0.481 e. The van der Waals surface area contributed by atoms with Crippen molar-refractivity contribution in [1.82, 2.24) is 10.3 Å². The van der Waals surface area contributed by atoms with Crippen LogP contribution in [0.1, 0.15) is 58.5 Å². The van der Waals surface area contributed by atoms with Gasteiger partial charge in [0.05, 0.1) is 6.42 Å². The molecule has 1 heterocycles. The molecule has 0 fully saturated rings. The molecule has 2 amide bonds. The number of carbonyl (C=O) groups is 4. The molecule has 10 heteroatoms. The number of aromatic nitrogens is 1. The summed E-state index contributed by atoms with van der Waals surface area (Å²) in [6.45, 7) is 10.2. The molecular formula is C22H29N3O7. The first-order valence-corrected chi connectivity index (χ1v) is 10.0. The van der Waals surface area contributed by atoms with Crippen molar-refractivity contribution in [3.05, 3.63) is 30.0 Å². The fraction of sp³-hybridized carbons (Fsp3) is 0.455. The Morgan fingerprint density at radius 3 is 2.19 bits per heavy atom. The number of carboxylic acid groups (broad SMARTS) is 1. The van der Waals surface area contributed by atoms with Crippen LogP contribution in [0.5, 0.6) is 0 Å². The normalized spacial score (nSPS) is 12.7. The molecule has 2 rings (SSSR count). The zero-order valence-corrected chi connectivity index (χ0v) is 19.0. The summed E-state index contributed by atoms with van der Waals surface area (Å²) in [4.78, 5) is 51.0. The van der Waals surface area contributed by atoms with Gasteiger partial charge in [0.2, 0.25) is 5.91 Å². The van der Waals surface area contributed by atoms with Crippen molar-refractivity contribution in [2.45, 2.75) is 65.2 Å². The lowest BCUT2D eigenvalue weighted by molar-refractivity contribution is -0.139. The molecular weight excluding hydrogens is 418 g/mol. The molecule has 0 spiro atoms. The van der Waals surface area contributed by atoms with Crippen molar-refractivity contribution < 1.29 is 33.8 Å². The Hall–Kier alpha value is -3.56. The number of hydrogen-bond acceptors (Lipinski definition) is 6. The number of carbonyl (C=O) groups excluding carboxylic acids is 3. The van der Waals surface area contributed by atoms with E-state index in [2.05, 4.69) is 15.6 Å². The van der Waals surface area contributed by atoms with Crippen LogP contribution in [0, 0.1) is 0 Å². The molecule has 0 radical (unpaired) electrons. The van der Waals surface area contributed by atoms with Crippen molar-refractivity contribution >= 4 is 40.5 Å². The molecule has 0 unspecified atom stereocenters. The van der Waals surface area contributed by atoms with Gasteiger partial charge in [0, 0.05) is 16.6 Å². The van der Waals surface area contributed by atoms with Gasteiger partial charge in [-0.3, -0.25) is 9.59 Å². The van der Waals surface area contributed by atoms with E-state index >= 15 is 0 Å². The van der Waals surface area contributed by atoms with E-state index < -0.39 is 47.6 Å². The maximum absolute atomic E-state index is 12.6. The second-order valence-electron chi connectivity index (χ2n) is 9.27. The number of benzene rings is 1. The zero-order chi connectivity index (χ0) is 24.3. The molecule has 0 aliphatic carbocycles. The first-order chi connectivity index (χ1) is 14.6. The molecule has 0 bridgehead atoms. The van der Waals surface area contributed by atoms with E-state index in [-0.39, 0.29) is 5.69 Å². The number of rotatable bonds is 6. The summed E-state index contributed by atoms with van der Waals surface area (Å²) in [5.74, 6) is -2.49. The van der Waals surface area contributed by atoms with Crippen LogP contribution in [-0.2, 0) is 19.1 Å². The van der Waals surface area contributed by atoms with Crippen LogP contribution in [0.15, 0.2) is 24.3 Å². The lowest BCUT2D eigenvalue weighted by atomic mass is 10.1. The molecule has 0 aliphatic heterocycles. The number of ether oxygens (including phenoxy) is 2. The second-order valence-corrected chi connectivity index (χ2v) is 9.27. The fourth-order valence-corrected chi connectivity index (χ4v) is 2.72. The van der Waals surface area contributed by atoms with E-state index in [1.165, 1.54) is 0 Å². The topological polar surface area (TPSA) is 147 Å². The average Bonchev–Trinajstić information content (AvgIpc) is 3.01. The molecule has 4 N–H and O–H groups in total. The van der Waals surface area contributed by atoms with Gasteiger partial charge in [-0.1, -0.05) is 0 Å². The molecule has 0 saturated heterocycles. The summed E-state index contributed by atoms with van der Waals surface area (Å²) in [7, 11) is 0. The minimum absolute atomic E-state index is 0.258. The number of hydrogen-bond donors (Lipinski definition) is 4. The number of esters is 1. The first-order valence-electron chi connectivity index (χ1n) is 10.0. The van der Waals surface area contributed by atoms with Crippen molar-refractivity contribution in [1.29, 1.82) is 0 Å². The van der Waals surface area contributed by atoms with Crippen LogP contribution in [0.3, 0.4) is 0 Å². The summed E-state index contributed by atoms with van der Waals surface area (Å²) in [5.41, 5.74) is -0.182. The number of aromatic amines is 1. The molecule has 0 aliphatic rings. The van der Waals surface area contributed by atoms with Gasteiger partial charge in [0.25, 0.3) is 0 Å². The maximum atomic E-state index is 12.6. The van der Waals surface area contributed by atoms with Gasteiger partial charge in [-0.25, -0.2) is 9.59 Å². The summed E-state index contributed by atoms with van der Waals surface area (Å²) >= 11 is 0. The van der Waals surface area contributed by atoms with Crippen molar-refractivity contribution in [2.24, 2.45) is 0 Å². The van der Waals surface area contributed by atoms with Crippen LogP contribution in [0.2, 0.25) is 0 Å². The number of H-pyrrole nitrogens is 1. The molecule has 10 nitrogen and oxygen atoms in total. The summed E-state index contributed by atoms with van der Waals surface area (Å²) in [5, 5.41) is 14.6. The van der Waals surface area contributed by atoms with Crippen molar-refractivity contribution in [3.63, 3.8) is 0 Å². The molecule has 174 valence electrons. The predicted molar refractivity (Wildman–Crippen MR) is 118 cm³/mol. The number of alkyl carbamates (subject to hydrolysis) is 1. The summed E-state index contributed by atoms with van der Waals surface area (Å²) < 4.78 is 10.4. The van der Waals surface area contributed by atoms with Crippen LogP contribution in [0.25, 0.3) is 10.9 Å².